The smallest absolute Gasteiger partial charge is 0.268 e. The average molecular weight is 442 g/mol. The normalized spacial score (nSPS) is 11.5. The predicted molar refractivity (Wildman–Crippen MR) is 107 cm³/mol. The molecule has 0 N–H and O–H groups in total. The number of hydrogen-bond acceptors (Lipinski definition) is 4. The van der Waals surface area contributed by atoms with Gasteiger partial charge in [0.05, 0.1) is 10.5 Å². The van der Waals surface area contributed by atoms with Gasteiger partial charge in [-0.25, -0.2) is 21.2 Å². The SMILES string of the molecule is Cc1c(Oc2ccc(F)c(C#N)c2)c(F)c(F)c2c1ccn2S(=O)(=O)c1ccccc1. The summed E-state index contributed by atoms with van der Waals surface area (Å²) < 4.78 is 75.5. The molecule has 0 saturated heterocycles. The molecule has 0 aliphatic rings. The molecule has 0 unspecified atom stereocenters. The Morgan fingerprint density at radius 1 is 1.00 bits per heavy atom. The lowest BCUT2D eigenvalue weighted by Gasteiger charge is -2.14. The Morgan fingerprint density at radius 2 is 1.71 bits per heavy atom. The third-order valence-electron chi connectivity index (χ3n) is 4.77. The number of halogens is 3. The van der Waals surface area contributed by atoms with Gasteiger partial charge in [0.1, 0.15) is 23.2 Å². The van der Waals surface area contributed by atoms with E-state index < -0.39 is 38.7 Å². The Hall–Kier alpha value is -3.77. The van der Waals surface area contributed by atoms with Crippen molar-refractivity contribution in [3.63, 3.8) is 0 Å². The fourth-order valence-corrected chi connectivity index (χ4v) is 4.59. The Morgan fingerprint density at radius 3 is 2.39 bits per heavy atom. The van der Waals surface area contributed by atoms with Crippen LogP contribution < -0.4 is 4.74 Å². The molecule has 0 fully saturated rings. The Balaban J connectivity index is 1.88. The zero-order valence-corrected chi connectivity index (χ0v) is 16.8. The summed E-state index contributed by atoms with van der Waals surface area (Å²) in [7, 11) is -4.17. The Bertz CT molecular complexity index is 1470. The van der Waals surface area contributed by atoms with Gasteiger partial charge >= 0.3 is 0 Å². The molecule has 3 aromatic carbocycles. The predicted octanol–water partition coefficient (Wildman–Crippen LogP) is 5.27. The fraction of sp³-hybridized carbons (Fsp3) is 0.0455. The van der Waals surface area contributed by atoms with E-state index in [9.17, 15) is 17.2 Å². The maximum Gasteiger partial charge on any atom is 0.268 e. The molecule has 0 atom stereocenters. The average Bonchev–Trinajstić information content (AvgIpc) is 3.23. The maximum atomic E-state index is 15.0. The van der Waals surface area contributed by atoms with Gasteiger partial charge in [-0.1, -0.05) is 18.2 Å². The molecule has 0 saturated carbocycles. The molecular weight excluding hydrogens is 429 g/mol. The topological polar surface area (TPSA) is 72.1 Å². The lowest BCUT2D eigenvalue weighted by molar-refractivity contribution is 0.415. The van der Waals surface area contributed by atoms with Gasteiger partial charge in [-0.05, 0) is 37.3 Å². The van der Waals surface area contributed by atoms with E-state index in [0.717, 1.165) is 18.3 Å². The summed E-state index contributed by atoms with van der Waals surface area (Å²) in [6, 6.07) is 13.5. The number of rotatable bonds is 4. The van der Waals surface area contributed by atoms with E-state index in [1.807, 2.05) is 0 Å². The molecule has 0 amide bonds. The van der Waals surface area contributed by atoms with Gasteiger partial charge < -0.3 is 4.74 Å². The van der Waals surface area contributed by atoms with Crippen LogP contribution in [0.3, 0.4) is 0 Å². The highest BCUT2D eigenvalue weighted by Gasteiger charge is 2.27. The van der Waals surface area contributed by atoms with Gasteiger partial charge in [0, 0.05) is 23.2 Å². The standard InChI is InChI=1S/C22H13F3N2O3S/c1-13-17-9-10-27(31(28,29)16-5-3-2-4-6-16)21(17)19(24)20(25)22(13)30-15-7-8-18(23)14(11-15)12-26/h2-11H,1H3. The first-order valence-corrected chi connectivity index (χ1v) is 10.4. The van der Waals surface area contributed by atoms with E-state index in [-0.39, 0.29) is 27.2 Å². The molecule has 0 aliphatic carbocycles. The van der Waals surface area contributed by atoms with Crippen LogP contribution in [0.4, 0.5) is 13.2 Å². The van der Waals surface area contributed by atoms with E-state index >= 15 is 4.39 Å². The van der Waals surface area contributed by atoms with Crippen LogP contribution in [-0.4, -0.2) is 12.4 Å². The molecule has 9 heteroatoms. The molecule has 31 heavy (non-hydrogen) atoms. The highest BCUT2D eigenvalue weighted by Crippen LogP contribution is 2.38. The number of benzene rings is 3. The number of aryl methyl sites for hydroxylation is 1. The second-order valence-electron chi connectivity index (χ2n) is 6.63. The van der Waals surface area contributed by atoms with Gasteiger partial charge in [0.25, 0.3) is 10.0 Å². The third-order valence-corrected chi connectivity index (χ3v) is 6.46. The van der Waals surface area contributed by atoms with E-state index in [1.165, 1.54) is 43.3 Å². The molecule has 0 radical (unpaired) electrons. The van der Waals surface area contributed by atoms with Crippen molar-refractivity contribution in [3.8, 4) is 17.6 Å². The molecular formula is C22H13F3N2O3S. The zero-order valence-electron chi connectivity index (χ0n) is 15.9. The lowest BCUT2D eigenvalue weighted by atomic mass is 10.1. The molecule has 4 aromatic rings. The first kappa shape index (κ1) is 20.5. The minimum absolute atomic E-state index is 0.0740. The van der Waals surface area contributed by atoms with Crippen LogP contribution in [-0.2, 0) is 10.0 Å². The van der Waals surface area contributed by atoms with Gasteiger partial charge in [-0.15, -0.1) is 0 Å². The second kappa shape index (κ2) is 7.49. The zero-order chi connectivity index (χ0) is 22.3. The van der Waals surface area contributed by atoms with Crippen molar-refractivity contribution in [2.75, 3.05) is 0 Å². The van der Waals surface area contributed by atoms with Crippen molar-refractivity contribution < 1.29 is 26.3 Å². The van der Waals surface area contributed by atoms with Gasteiger partial charge in [-0.2, -0.15) is 9.65 Å². The van der Waals surface area contributed by atoms with E-state index in [4.69, 9.17) is 10.00 Å². The molecule has 1 heterocycles. The molecule has 0 spiro atoms. The highest BCUT2D eigenvalue weighted by atomic mass is 32.2. The van der Waals surface area contributed by atoms with Crippen molar-refractivity contribution in [2.45, 2.75) is 11.8 Å². The number of hydrogen-bond donors (Lipinski definition) is 0. The Labute approximate surface area is 175 Å². The number of fused-ring (bicyclic) bond motifs is 1. The first-order valence-electron chi connectivity index (χ1n) is 8.92. The van der Waals surface area contributed by atoms with E-state index in [0.29, 0.717) is 3.97 Å². The minimum Gasteiger partial charge on any atom is -0.454 e. The van der Waals surface area contributed by atoms with Gasteiger partial charge in [-0.3, -0.25) is 0 Å². The summed E-state index contributed by atoms with van der Waals surface area (Å²) in [6.07, 6.45) is 1.14. The number of nitriles is 1. The minimum atomic E-state index is -4.17. The van der Waals surface area contributed by atoms with Crippen molar-refractivity contribution in [3.05, 3.63) is 89.4 Å². The van der Waals surface area contributed by atoms with Crippen LogP contribution >= 0.6 is 0 Å². The van der Waals surface area contributed by atoms with Crippen LogP contribution in [0.2, 0.25) is 0 Å². The van der Waals surface area contributed by atoms with Crippen molar-refractivity contribution in [1.82, 2.24) is 3.97 Å². The van der Waals surface area contributed by atoms with Crippen LogP contribution in [0.25, 0.3) is 10.9 Å². The molecule has 5 nitrogen and oxygen atoms in total. The van der Waals surface area contributed by atoms with E-state index in [2.05, 4.69) is 0 Å². The van der Waals surface area contributed by atoms with E-state index in [1.54, 1.807) is 12.1 Å². The van der Waals surface area contributed by atoms with Crippen molar-refractivity contribution in [1.29, 1.82) is 5.26 Å². The Kier molecular flexibility index (Phi) is 4.95. The van der Waals surface area contributed by atoms with Gasteiger partial charge in [0.15, 0.2) is 11.6 Å². The van der Waals surface area contributed by atoms with Crippen molar-refractivity contribution >= 4 is 20.9 Å². The summed E-state index contributed by atoms with van der Waals surface area (Å²) >= 11 is 0. The second-order valence-corrected chi connectivity index (χ2v) is 8.44. The number of aromatic nitrogens is 1. The summed E-state index contributed by atoms with van der Waals surface area (Å²) in [6.45, 7) is 1.44. The fourth-order valence-electron chi connectivity index (χ4n) is 3.22. The van der Waals surface area contributed by atoms with Gasteiger partial charge in [0.2, 0.25) is 5.82 Å². The van der Waals surface area contributed by atoms with Crippen molar-refractivity contribution in [2.24, 2.45) is 0 Å². The summed E-state index contributed by atoms with van der Waals surface area (Å²) in [5, 5.41) is 9.06. The highest BCUT2D eigenvalue weighted by molar-refractivity contribution is 7.90. The quantitative estimate of drug-likeness (QED) is 0.432. The largest absolute Gasteiger partial charge is 0.454 e. The number of ether oxygens (including phenoxy) is 1. The number of nitrogens with zero attached hydrogens (tertiary/aromatic N) is 2. The monoisotopic (exact) mass is 442 g/mol. The molecule has 1 aromatic heterocycles. The van der Waals surface area contributed by atoms with Crippen LogP contribution in [0.1, 0.15) is 11.1 Å². The maximum absolute atomic E-state index is 15.0. The summed E-state index contributed by atoms with van der Waals surface area (Å²) in [4.78, 5) is -0.0827. The molecule has 4 rings (SSSR count). The lowest BCUT2D eigenvalue weighted by Crippen LogP contribution is -2.13. The van der Waals surface area contributed by atoms with Crippen LogP contribution in [0, 0.1) is 35.7 Å². The van der Waals surface area contributed by atoms with Crippen LogP contribution in [0.5, 0.6) is 11.5 Å². The molecule has 0 aliphatic heterocycles. The molecule has 156 valence electrons. The third kappa shape index (κ3) is 3.31. The summed E-state index contributed by atoms with van der Waals surface area (Å²) in [5.41, 5.74) is -0.640. The summed E-state index contributed by atoms with van der Waals surface area (Å²) in [5.74, 6) is -4.17. The van der Waals surface area contributed by atoms with Crippen LogP contribution in [0.15, 0.2) is 65.7 Å². The molecule has 0 bridgehead atoms. The first-order chi connectivity index (χ1) is 14.8.